The SMILES string of the molecule is CCC/C=C/C(=O)CCc1cc(OC2CCCC2)c(O)c2c1C#CC[C@H](N=C(N)N)C[C@H]1C=C3CC[C@@H](C)C[C@H]3[C@H]2[C@@H]1COC1CCCCC1. The molecule has 5 aliphatic rings. The van der Waals surface area contributed by atoms with Crippen LogP contribution in [0.25, 0.3) is 0 Å². The van der Waals surface area contributed by atoms with Crippen LogP contribution in [-0.4, -0.2) is 41.7 Å². The minimum Gasteiger partial charge on any atom is -0.504 e. The van der Waals surface area contributed by atoms with Crippen molar-refractivity contribution in [2.45, 2.75) is 154 Å². The molecule has 1 aromatic carbocycles. The molecule has 0 saturated heterocycles. The average molecular weight is 684 g/mol. The number of unbranched alkanes of at least 4 members (excludes halogenated alkanes) is 1. The highest BCUT2D eigenvalue weighted by molar-refractivity contribution is 5.89. The molecule has 1 aromatic rings. The van der Waals surface area contributed by atoms with Crippen LogP contribution in [0.5, 0.6) is 11.5 Å². The van der Waals surface area contributed by atoms with Crippen molar-refractivity contribution in [3.05, 3.63) is 46.6 Å². The molecule has 5 aliphatic carbocycles. The molecule has 0 amide bonds. The Labute approximate surface area is 300 Å². The maximum absolute atomic E-state index is 13.1. The fourth-order valence-corrected chi connectivity index (χ4v) is 9.57. The third-order valence-electron chi connectivity index (χ3n) is 12.1. The van der Waals surface area contributed by atoms with Crippen LogP contribution in [-0.2, 0) is 16.0 Å². The van der Waals surface area contributed by atoms with Crippen LogP contribution in [0, 0.1) is 35.5 Å². The lowest BCUT2D eigenvalue weighted by atomic mass is 9.58. The molecular weight excluding hydrogens is 622 g/mol. The number of fused-ring (bicyclic) bond motifs is 6. The van der Waals surface area contributed by atoms with Gasteiger partial charge in [0.1, 0.15) is 0 Å². The summed E-state index contributed by atoms with van der Waals surface area (Å²) in [4.78, 5) is 17.8. The summed E-state index contributed by atoms with van der Waals surface area (Å²) in [6.07, 6.45) is 24.2. The zero-order chi connectivity index (χ0) is 35.0. The number of hydrogen-bond acceptors (Lipinski definition) is 5. The predicted octanol–water partition coefficient (Wildman–Crippen LogP) is 8.40. The smallest absolute Gasteiger partial charge is 0.186 e. The highest BCUT2D eigenvalue weighted by Crippen LogP contribution is 2.56. The standard InChI is InChI=1S/C43H61N3O4/c1-3-4-6-13-33(47)22-21-30-26-39(50-35-16-9-10-17-35)42(48)41-36(30)18-11-12-32(46-43(44)45)25-31-24-29-20-19-28(2)23-37(29)40(41)38(31)27-49-34-14-7-5-8-15-34/h6,13,24,26,28,31-32,34-35,37-38,40,48H,3-5,7-10,12,14-17,19-23,25,27H2,1-2H3,(H4,44,45,46)/b13-6+/t28-,31-,32+,37-,38-,40+/m1/s1. The van der Waals surface area contributed by atoms with Gasteiger partial charge in [-0.1, -0.05) is 69.1 Å². The molecule has 7 nitrogen and oxygen atoms in total. The summed E-state index contributed by atoms with van der Waals surface area (Å²) in [6, 6.07) is 1.86. The molecule has 0 heterocycles. The van der Waals surface area contributed by atoms with Crippen molar-refractivity contribution < 1.29 is 19.4 Å². The Hall–Kier alpha value is -3.24. The molecule has 272 valence electrons. The van der Waals surface area contributed by atoms with Crippen molar-refractivity contribution >= 4 is 11.7 Å². The highest BCUT2D eigenvalue weighted by Gasteiger charge is 2.46. The summed E-state index contributed by atoms with van der Waals surface area (Å²) in [7, 11) is 0. The molecule has 50 heavy (non-hydrogen) atoms. The van der Waals surface area contributed by atoms with Gasteiger partial charge in [-0.05, 0) is 118 Å². The highest BCUT2D eigenvalue weighted by atomic mass is 16.5. The van der Waals surface area contributed by atoms with Gasteiger partial charge in [-0.15, -0.1) is 0 Å². The Bertz CT molecular complexity index is 1490. The predicted molar refractivity (Wildman–Crippen MR) is 201 cm³/mol. The fourth-order valence-electron chi connectivity index (χ4n) is 9.57. The summed E-state index contributed by atoms with van der Waals surface area (Å²) in [5.41, 5.74) is 16.3. The van der Waals surface area contributed by atoms with E-state index in [1.807, 2.05) is 12.1 Å². The second kappa shape index (κ2) is 17.3. The van der Waals surface area contributed by atoms with Crippen molar-refractivity contribution in [2.75, 3.05) is 6.61 Å². The molecule has 0 aromatic heterocycles. The summed E-state index contributed by atoms with van der Waals surface area (Å²) >= 11 is 0. The average Bonchev–Trinajstić information content (AvgIpc) is 3.61. The van der Waals surface area contributed by atoms with Gasteiger partial charge >= 0.3 is 0 Å². The minimum atomic E-state index is -0.139. The van der Waals surface area contributed by atoms with E-state index in [0.29, 0.717) is 37.5 Å². The number of carbonyl (C=O) groups excluding carboxylic acids is 1. The fraction of sp³-hybridized carbons (Fsp3) is 0.674. The summed E-state index contributed by atoms with van der Waals surface area (Å²) in [6.45, 7) is 5.11. The minimum absolute atomic E-state index is 0.000349. The maximum atomic E-state index is 13.1. The Morgan fingerprint density at radius 3 is 2.58 bits per heavy atom. The normalized spacial score (nSPS) is 28.6. The third-order valence-corrected chi connectivity index (χ3v) is 12.1. The van der Waals surface area contributed by atoms with E-state index in [-0.39, 0.29) is 59.4 Å². The molecule has 5 N–H and O–H groups in total. The number of ether oxygens (including phenoxy) is 2. The van der Waals surface area contributed by atoms with Gasteiger partial charge < -0.3 is 26.0 Å². The van der Waals surface area contributed by atoms with Crippen molar-refractivity contribution in [1.82, 2.24) is 0 Å². The van der Waals surface area contributed by atoms with Gasteiger partial charge in [0, 0.05) is 29.9 Å². The first-order valence-electron chi connectivity index (χ1n) is 19.9. The number of aryl methyl sites for hydroxylation is 1. The molecule has 0 unspecified atom stereocenters. The van der Waals surface area contributed by atoms with Crippen LogP contribution in [0.1, 0.15) is 146 Å². The number of carbonyl (C=O) groups is 1. The summed E-state index contributed by atoms with van der Waals surface area (Å²) in [5.74, 6) is 9.18. The van der Waals surface area contributed by atoms with Crippen LogP contribution < -0.4 is 16.2 Å². The van der Waals surface area contributed by atoms with E-state index in [1.54, 1.807) is 6.08 Å². The van der Waals surface area contributed by atoms with Gasteiger partial charge in [-0.3, -0.25) is 4.79 Å². The first kappa shape index (κ1) is 36.5. The molecule has 6 atom stereocenters. The number of rotatable bonds is 12. The van der Waals surface area contributed by atoms with Crippen LogP contribution in [0.2, 0.25) is 0 Å². The molecule has 2 bridgehead atoms. The number of phenols is 1. The zero-order valence-electron chi connectivity index (χ0n) is 30.6. The van der Waals surface area contributed by atoms with E-state index in [0.717, 1.165) is 87.3 Å². The van der Waals surface area contributed by atoms with Crippen molar-refractivity contribution in [3.63, 3.8) is 0 Å². The lowest BCUT2D eigenvalue weighted by Crippen LogP contribution is -2.40. The van der Waals surface area contributed by atoms with Crippen molar-refractivity contribution in [2.24, 2.45) is 40.1 Å². The quantitative estimate of drug-likeness (QED) is 0.0669. The summed E-state index contributed by atoms with van der Waals surface area (Å²) in [5, 5.41) is 12.5. The lowest BCUT2D eigenvalue weighted by molar-refractivity contribution is -0.114. The van der Waals surface area contributed by atoms with E-state index in [9.17, 15) is 9.90 Å². The second-order valence-electron chi connectivity index (χ2n) is 16.0. The van der Waals surface area contributed by atoms with Crippen LogP contribution >= 0.6 is 0 Å². The van der Waals surface area contributed by atoms with E-state index in [4.69, 9.17) is 25.9 Å². The number of nitrogens with two attached hydrogens (primary N) is 2. The maximum Gasteiger partial charge on any atom is 0.186 e. The number of ketones is 1. The number of aromatic hydroxyl groups is 1. The van der Waals surface area contributed by atoms with Gasteiger partial charge in [0.25, 0.3) is 0 Å². The molecule has 3 fully saturated rings. The van der Waals surface area contributed by atoms with Crippen LogP contribution in [0.3, 0.4) is 0 Å². The second-order valence-corrected chi connectivity index (χ2v) is 16.0. The monoisotopic (exact) mass is 683 g/mol. The van der Waals surface area contributed by atoms with E-state index >= 15 is 0 Å². The number of aliphatic imine (C=N–C) groups is 1. The first-order chi connectivity index (χ1) is 24.3. The number of guanidine groups is 1. The first-order valence-corrected chi connectivity index (χ1v) is 19.9. The topological polar surface area (TPSA) is 120 Å². The molecule has 7 heteroatoms. The Morgan fingerprint density at radius 1 is 1.06 bits per heavy atom. The Balaban J connectivity index is 1.51. The lowest BCUT2D eigenvalue weighted by Gasteiger charge is -2.47. The molecule has 6 rings (SSSR count). The molecule has 0 aliphatic heterocycles. The number of phenolic OH excluding ortho intramolecular Hbond substituents is 1. The molecule has 3 saturated carbocycles. The van der Waals surface area contributed by atoms with E-state index in [2.05, 4.69) is 31.8 Å². The van der Waals surface area contributed by atoms with Gasteiger partial charge in [-0.2, -0.15) is 0 Å². The molecule has 0 radical (unpaired) electrons. The van der Waals surface area contributed by atoms with Crippen LogP contribution in [0.4, 0.5) is 0 Å². The molecule has 0 spiro atoms. The Kier molecular flexibility index (Phi) is 12.7. The van der Waals surface area contributed by atoms with E-state index in [1.165, 1.54) is 31.3 Å². The van der Waals surface area contributed by atoms with Crippen molar-refractivity contribution in [1.29, 1.82) is 0 Å². The zero-order valence-corrected chi connectivity index (χ0v) is 30.6. The molecular formula is C43H61N3O4. The summed E-state index contributed by atoms with van der Waals surface area (Å²) < 4.78 is 13.6. The number of hydrogen-bond donors (Lipinski definition) is 3. The number of allylic oxidation sites excluding steroid dienone is 4. The Morgan fingerprint density at radius 2 is 1.82 bits per heavy atom. The number of nitrogens with zero attached hydrogens (tertiary/aromatic N) is 1. The van der Waals surface area contributed by atoms with E-state index < -0.39 is 0 Å². The van der Waals surface area contributed by atoms with Gasteiger partial charge in [-0.25, -0.2) is 4.99 Å². The van der Waals surface area contributed by atoms with Gasteiger partial charge in [0.05, 0.1) is 24.9 Å². The van der Waals surface area contributed by atoms with Gasteiger partial charge in [0.15, 0.2) is 23.2 Å². The van der Waals surface area contributed by atoms with Gasteiger partial charge in [0.2, 0.25) is 0 Å². The third kappa shape index (κ3) is 8.97. The van der Waals surface area contributed by atoms with Crippen LogP contribution in [0.15, 0.2) is 34.9 Å². The number of benzene rings is 1. The van der Waals surface area contributed by atoms with Crippen molar-refractivity contribution in [3.8, 4) is 23.3 Å². The largest absolute Gasteiger partial charge is 0.504 e.